The predicted octanol–water partition coefficient (Wildman–Crippen LogP) is 6.47. The number of alkyl halides is 2. The second kappa shape index (κ2) is 12.3. The van der Waals surface area contributed by atoms with Crippen molar-refractivity contribution in [1.29, 1.82) is 0 Å². The zero-order valence-electron chi connectivity index (χ0n) is 22.1. The predicted molar refractivity (Wildman–Crippen MR) is 136 cm³/mol. The van der Waals surface area contributed by atoms with Gasteiger partial charge in [0.15, 0.2) is 6.10 Å². The summed E-state index contributed by atoms with van der Waals surface area (Å²) in [6.45, 7) is 4.76. The van der Waals surface area contributed by atoms with E-state index in [0.717, 1.165) is 30.0 Å². The van der Waals surface area contributed by atoms with Crippen molar-refractivity contribution in [2.45, 2.75) is 77.5 Å². The molecule has 39 heavy (non-hydrogen) atoms. The Bertz CT molecular complexity index is 1290. The van der Waals surface area contributed by atoms with Gasteiger partial charge in [0.25, 0.3) is 0 Å². The number of aryl methyl sites for hydroxylation is 3. The number of aliphatic carboxylic acids is 1. The number of halogens is 3. The molecule has 0 spiro atoms. The molecular weight excluding hydrogens is 515 g/mol. The number of ether oxygens (including phenoxy) is 3. The molecule has 2 aromatic carbocycles. The summed E-state index contributed by atoms with van der Waals surface area (Å²) in [6, 6.07) is 11.3. The van der Waals surface area contributed by atoms with E-state index >= 15 is 0 Å². The number of carboxylic acid groups (broad SMARTS) is 1. The highest BCUT2D eigenvalue weighted by atomic mass is 19.3. The molecule has 210 valence electrons. The zero-order chi connectivity index (χ0) is 28.2. The van der Waals surface area contributed by atoms with Crippen LogP contribution >= 0.6 is 0 Å². The molecule has 3 aromatic rings. The van der Waals surface area contributed by atoms with E-state index in [0.29, 0.717) is 30.2 Å². The van der Waals surface area contributed by atoms with Crippen LogP contribution in [-0.2, 0) is 31.7 Å². The van der Waals surface area contributed by atoms with Crippen molar-refractivity contribution in [3.8, 4) is 11.5 Å². The second-order valence-corrected chi connectivity index (χ2v) is 9.84. The molecule has 1 aliphatic rings. The quantitative estimate of drug-likeness (QED) is 0.294. The minimum Gasteiger partial charge on any atom is -0.479 e. The van der Waals surface area contributed by atoms with Crippen LogP contribution < -0.4 is 0 Å². The fourth-order valence-electron chi connectivity index (χ4n) is 4.56. The van der Waals surface area contributed by atoms with Crippen LogP contribution in [0.15, 0.2) is 46.9 Å². The molecule has 10 heteroatoms. The highest BCUT2D eigenvalue weighted by molar-refractivity contribution is 5.72. The van der Waals surface area contributed by atoms with E-state index in [4.69, 9.17) is 13.9 Å². The van der Waals surface area contributed by atoms with Gasteiger partial charge in [-0.15, -0.1) is 0 Å². The van der Waals surface area contributed by atoms with E-state index in [1.807, 2.05) is 38.1 Å². The smallest absolute Gasteiger partial charge is 0.387 e. The Balaban J connectivity index is 1.31. The second-order valence-electron chi connectivity index (χ2n) is 9.84. The lowest BCUT2D eigenvalue weighted by Gasteiger charge is -2.30. The molecule has 1 N–H and O–H groups in total. The van der Waals surface area contributed by atoms with Gasteiger partial charge in [-0.1, -0.05) is 29.8 Å². The van der Waals surface area contributed by atoms with Crippen LogP contribution in [0.25, 0.3) is 11.5 Å². The van der Waals surface area contributed by atoms with Gasteiger partial charge in [0.05, 0.1) is 31.0 Å². The SMILES string of the molecule is Cc1cccc(-c2nc(CO[C@H]3CCC[C@@H](OCC(OC(F)(F)c4cccc(C)c4F)C(=O)O)C3)c(C)o2)c1. The monoisotopic (exact) mass is 547 g/mol. The van der Waals surface area contributed by atoms with Crippen molar-refractivity contribution in [2.24, 2.45) is 0 Å². The third-order valence-corrected chi connectivity index (χ3v) is 6.75. The fraction of sp³-hybridized carbons (Fsp3) is 0.448. The van der Waals surface area contributed by atoms with Crippen LogP contribution in [-0.4, -0.2) is 41.0 Å². The summed E-state index contributed by atoms with van der Waals surface area (Å²) in [4.78, 5) is 16.2. The highest BCUT2D eigenvalue weighted by Crippen LogP contribution is 2.34. The molecule has 1 aliphatic carbocycles. The maximum absolute atomic E-state index is 14.6. The fourth-order valence-corrected chi connectivity index (χ4v) is 4.56. The molecule has 1 heterocycles. The van der Waals surface area contributed by atoms with Crippen LogP contribution in [0.5, 0.6) is 0 Å². The largest absolute Gasteiger partial charge is 0.479 e. The Hall–Kier alpha value is -3.21. The van der Waals surface area contributed by atoms with E-state index in [-0.39, 0.29) is 18.3 Å². The third kappa shape index (κ3) is 7.26. The molecule has 7 nitrogen and oxygen atoms in total. The van der Waals surface area contributed by atoms with Crippen LogP contribution in [0.3, 0.4) is 0 Å². The van der Waals surface area contributed by atoms with Crippen molar-refractivity contribution in [3.05, 3.63) is 76.4 Å². The third-order valence-electron chi connectivity index (χ3n) is 6.75. The van der Waals surface area contributed by atoms with Crippen molar-refractivity contribution in [3.63, 3.8) is 0 Å². The molecule has 1 aromatic heterocycles. The maximum atomic E-state index is 14.6. The van der Waals surface area contributed by atoms with Gasteiger partial charge >= 0.3 is 12.1 Å². The van der Waals surface area contributed by atoms with Gasteiger partial charge in [-0.2, -0.15) is 8.78 Å². The molecule has 1 fully saturated rings. The van der Waals surface area contributed by atoms with E-state index in [1.165, 1.54) is 19.1 Å². The van der Waals surface area contributed by atoms with E-state index in [9.17, 15) is 23.1 Å². The summed E-state index contributed by atoms with van der Waals surface area (Å²) in [7, 11) is 0. The Morgan fingerprint density at radius 1 is 1.13 bits per heavy atom. The number of hydrogen-bond donors (Lipinski definition) is 1. The van der Waals surface area contributed by atoms with Gasteiger partial charge in [-0.25, -0.2) is 14.2 Å². The molecule has 0 radical (unpaired) electrons. The first kappa shape index (κ1) is 28.8. The number of nitrogens with zero attached hydrogens (tertiary/aromatic N) is 1. The molecule has 0 bridgehead atoms. The summed E-state index contributed by atoms with van der Waals surface area (Å²) < 4.78 is 65.6. The number of carbonyl (C=O) groups is 1. The highest BCUT2D eigenvalue weighted by Gasteiger charge is 2.41. The van der Waals surface area contributed by atoms with E-state index in [2.05, 4.69) is 9.72 Å². The molecule has 1 unspecified atom stereocenters. The van der Waals surface area contributed by atoms with Crippen LogP contribution in [0.1, 0.15) is 53.8 Å². The number of carboxylic acids is 1. The van der Waals surface area contributed by atoms with Crippen molar-refractivity contribution >= 4 is 5.97 Å². The molecule has 4 rings (SSSR count). The van der Waals surface area contributed by atoms with Crippen LogP contribution in [0, 0.1) is 26.6 Å². The minimum atomic E-state index is -4.15. The van der Waals surface area contributed by atoms with Gasteiger partial charge in [-0.3, -0.25) is 4.74 Å². The summed E-state index contributed by atoms with van der Waals surface area (Å²) >= 11 is 0. The average molecular weight is 548 g/mol. The number of benzene rings is 2. The Morgan fingerprint density at radius 2 is 1.85 bits per heavy atom. The van der Waals surface area contributed by atoms with Gasteiger partial charge in [-0.05, 0) is 70.2 Å². The zero-order valence-corrected chi connectivity index (χ0v) is 22.1. The van der Waals surface area contributed by atoms with Crippen LogP contribution in [0.4, 0.5) is 13.2 Å². The maximum Gasteiger partial charge on any atom is 0.387 e. The summed E-state index contributed by atoms with van der Waals surface area (Å²) in [6.07, 6.45) is -4.12. The Morgan fingerprint density at radius 3 is 2.56 bits per heavy atom. The molecule has 0 aliphatic heterocycles. The number of hydrogen-bond acceptors (Lipinski definition) is 6. The molecule has 0 amide bonds. The van der Waals surface area contributed by atoms with Crippen LogP contribution in [0.2, 0.25) is 0 Å². The van der Waals surface area contributed by atoms with Crippen molar-refractivity contribution in [1.82, 2.24) is 4.98 Å². The topological polar surface area (TPSA) is 91.0 Å². The molecule has 1 saturated carbocycles. The first-order valence-corrected chi connectivity index (χ1v) is 12.8. The van der Waals surface area contributed by atoms with E-state index < -0.39 is 42.3 Å². The lowest BCUT2D eigenvalue weighted by Crippen LogP contribution is -2.38. The number of oxazole rings is 1. The van der Waals surface area contributed by atoms with Crippen molar-refractivity contribution in [2.75, 3.05) is 6.61 Å². The minimum absolute atomic E-state index is 0.000603. The van der Waals surface area contributed by atoms with Gasteiger partial charge < -0.3 is 19.0 Å². The van der Waals surface area contributed by atoms with Gasteiger partial charge in [0.1, 0.15) is 17.3 Å². The normalized spacial score (nSPS) is 18.7. The van der Waals surface area contributed by atoms with Gasteiger partial charge in [0, 0.05) is 5.56 Å². The Kier molecular flexibility index (Phi) is 9.09. The van der Waals surface area contributed by atoms with Gasteiger partial charge in [0.2, 0.25) is 5.89 Å². The number of rotatable bonds is 11. The summed E-state index contributed by atoms with van der Waals surface area (Å²) in [5.74, 6) is -1.60. The number of aromatic nitrogens is 1. The summed E-state index contributed by atoms with van der Waals surface area (Å²) in [5.41, 5.74) is 1.63. The molecule has 0 saturated heterocycles. The van der Waals surface area contributed by atoms with E-state index in [1.54, 1.807) is 0 Å². The lowest BCUT2D eigenvalue weighted by atomic mass is 9.95. The summed E-state index contributed by atoms with van der Waals surface area (Å²) in [5, 5.41) is 9.45. The average Bonchev–Trinajstić information content (AvgIpc) is 3.27. The molecule has 3 atom stereocenters. The van der Waals surface area contributed by atoms with Crippen molar-refractivity contribution < 1.29 is 41.7 Å². The first-order chi connectivity index (χ1) is 18.5. The molecular formula is C29H32F3NO6. The Labute approximate surface area is 224 Å². The first-order valence-electron chi connectivity index (χ1n) is 12.8. The lowest BCUT2D eigenvalue weighted by molar-refractivity contribution is -0.281. The standard InChI is InChI=1S/C29H32F3NO6/c1-17-7-4-9-20(13-17)27-33-24(19(3)38-27)15-36-21-10-6-11-22(14-21)37-16-25(28(34)35)39-29(31,32)23-12-5-8-18(2)26(23)30/h4-5,7-9,12-13,21-22,25H,6,10-11,14-16H2,1-3H3,(H,34,35)/t21-,22+,25?/m0/s1.